The topological polar surface area (TPSA) is 55.1 Å². The van der Waals surface area contributed by atoms with Crippen molar-refractivity contribution in [3.05, 3.63) is 35.9 Å². The molecular weight excluding hydrogens is 236 g/mol. The van der Waals surface area contributed by atoms with Crippen LogP contribution in [-0.4, -0.2) is 17.5 Å². The van der Waals surface area contributed by atoms with Crippen molar-refractivity contribution in [2.75, 3.05) is 0 Å². The maximum atomic E-state index is 12.3. The summed E-state index contributed by atoms with van der Waals surface area (Å²) >= 11 is 0. The summed E-state index contributed by atoms with van der Waals surface area (Å²) in [5.74, 6) is 0.0350. The lowest BCUT2D eigenvalue weighted by Crippen LogP contribution is -2.54. The first kappa shape index (κ1) is 14.1. The fraction of sp³-hybridized carbons (Fsp3) is 0.562. The highest BCUT2D eigenvalue weighted by atomic mass is 16.2. The lowest BCUT2D eigenvalue weighted by atomic mass is 9.96. The molecule has 1 saturated carbocycles. The number of hydrogen-bond acceptors (Lipinski definition) is 2. The fourth-order valence-corrected chi connectivity index (χ4v) is 2.76. The quantitative estimate of drug-likeness (QED) is 0.854. The maximum Gasteiger partial charge on any atom is 0.240 e. The summed E-state index contributed by atoms with van der Waals surface area (Å²) < 4.78 is 0. The Morgan fingerprint density at radius 1 is 1.32 bits per heavy atom. The summed E-state index contributed by atoms with van der Waals surface area (Å²) in [7, 11) is 0. The molecule has 3 nitrogen and oxygen atoms in total. The van der Waals surface area contributed by atoms with Gasteiger partial charge in [-0.25, -0.2) is 0 Å². The van der Waals surface area contributed by atoms with Crippen LogP contribution in [0.4, 0.5) is 0 Å². The summed E-state index contributed by atoms with van der Waals surface area (Å²) in [5, 5.41) is 3.13. The average Bonchev–Trinajstić information content (AvgIpc) is 2.87. The predicted molar refractivity (Wildman–Crippen MR) is 77.8 cm³/mol. The van der Waals surface area contributed by atoms with E-state index < -0.39 is 5.54 Å². The van der Waals surface area contributed by atoms with Crippen LogP contribution in [0.1, 0.15) is 44.6 Å². The normalized spacial score (nSPS) is 19.1. The first-order chi connectivity index (χ1) is 9.14. The van der Waals surface area contributed by atoms with E-state index in [0.717, 1.165) is 38.5 Å². The van der Waals surface area contributed by atoms with Crippen LogP contribution in [0.25, 0.3) is 0 Å². The Morgan fingerprint density at radius 2 is 1.95 bits per heavy atom. The van der Waals surface area contributed by atoms with Crippen molar-refractivity contribution in [2.45, 2.75) is 57.0 Å². The number of rotatable bonds is 5. The number of nitrogens with one attached hydrogen (secondary N) is 1. The standard InChI is InChI=1S/C16H24N2O/c1-2-14(12-13-8-4-3-5-9-13)18-15(19)16(17)10-6-7-11-16/h3-5,8-9,14H,2,6-7,10-12,17H2,1H3,(H,18,19). The second-order valence-corrected chi connectivity index (χ2v) is 5.63. The SMILES string of the molecule is CCC(Cc1ccccc1)NC(=O)C1(N)CCCC1. The molecule has 0 bridgehead atoms. The number of carbonyl (C=O) groups excluding carboxylic acids is 1. The summed E-state index contributed by atoms with van der Waals surface area (Å²) in [6, 6.07) is 10.5. The molecule has 3 heteroatoms. The number of benzene rings is 1. The van der Waals surface area contributed by atoms with E-state index in [-0.39, 0.29) is 11.9 Å². The van der Waals surface area contributed by atoms with E-state index >= 15 is 0 Å². The molecule has 1 aliphatic carbocycles. The Morgan fingerprint density at radius 3 is 2.53 bits per heavy atom. The molecule has 1 unspecified atom stereocenters. The van der Waals surface area contributed by atoms with Crippen LogP contribution in [0, 0.1) is 0 Å². The van der Waals surface area contributed by atoms with E-state index in [0.29, 0.717) is 0 Å². The lowest BCUT2D eigenvalue weighted by molar-refractivity contribution is -0.126. The van der Waals surface area contributed by atoms with Gasteiger partial charge in [0.05, 0.1) is 5.54 Å². The number of hydrogen-bond donors (Lipinski definition) is 2. The Kier molecular flexibility index (Phi) is 4.59. The first-order valence-electron chi connectivity index (χ1n) is 7.28. The highest BCUT2D eigenvalue weighted by molar-refractivity contribution is 5.86. The molecule has 1 aromatic carbocycles. The molecule has 2 rings (SSSR count). The van der Waals surface area contributed by atoms with Gasteiger partial charge >= 0.3 is 0 Å². The molecule has 0 aliphatic heterocycles. The van der Waals surface area contributed by atoms with Crippen LogP contribution in [0.3, 0.4) is 0 Å². The minimum absolute atomic E-state index is 0.0350. The van der Waals surface area contributed by atoms with Crippen molar-refractivity contribution in [2.24, 2.45) is 5.73 Å². The molecule has 1 aromatic rings. The Bertz CT molecular complexity index is 410. The molecule has 1 atom stereocenters. The van der Waals surface area contributed by atoms with Crippen molar-refractivity contribution >= 4 is 5.91 Å². The molecule has 1 fully saturated rings. The monoisotopic (exact) mass is 260 g/mol. The largest absolute Gasteiger partial charge is 0.351 e. The third-order valence-electron chi connectivity index (χ3n) is 4.10. The van der Waals surface area contributed by atoms with E-state index in [1.54, 1.807) is 0 Å². The van der Waals surface area contributed by atoms with Crippen LogP contribution in [0.2, 0.25) is 0 Å². The molecule has 0 aromatic heterocycles. The van der Waals surface area contributed by atoms with E-state index in [1.165, 1.54) is 5.56 Å². The lowest BCUT2D eigenvalue weighted by Gasteiger charge is -2.26. The molecule has 104 valence electrons. The highest BCUT2D eigenvalue weighted by Crippen LogP contribution is 2.27. The molecule has 1 aliphatic rings. The maximum absolute atomic E-state index is 12.3. The number of carbonyl (C=O) groups is 1. The van der Waals surface area contributed by atoms with Crippen LogP contribution in [-0.2, 0) is 11.2 Å². The second-order valence-electron chi connectivity index (χ2n) is 5.63. The summed E-state index contributed by atoms with van der Waals surface area (Å²) in [6.45, 7) is 2.10. The third kappa shape index (κ3) is 3.57. The van der Waals surface area contributed by atoms with E-state index in [1.807, 2.05) is 18.2 Å². The Balaban J connectivity index is 1.94. The summed E-state index contributed by atoms with van der Waals surface area (Å²) in [4.78, 5) is 12.3. The molecule has 0 radical (unpaired) electrons. The summed E-state index contributed by atoms with van der Waals surface area (Å²) in [6.07, 6.45) is 5.58. The molecule has 0 heterocycles. The van der Waals surface area contributed by atoms with E-state index in [2.05, 4.69) is 24.4 Å². The molecule has 1 amide bonds. The molecule has 0 saturated heterocycles. The van der Waals surface area contributed by atoms with Gasteiger partial charge in [0.1, 0.15) is 0 Å². The smallest absolute Gasteiger partial charge is 0.240 e. The third-order valence-corrected chi connectivity index (χ3v) is 4.10. The second kappa shape index (κ2) is 6.20. The van der Waals surface area contributed by atoms with Gasteiger partial charge < -0.3 is 11.1 Å². The molecule has 19 heavy (non-hydrogen) atoms. The van der Waals surface area contributed by atoms with Gasteiger partial charge in [-0.15, -0.1) is 0 Å². The molecular formula is C16H24N2O. The zero-order valence-electron chi connectivity index (χ0n) is 11.7. The van der Waals surface area contributed by atoms with Gasteiger partial charge in [-0.1, -0.05) is 50.1 Å². The Labute approximate surface area is 115 Å². The van der Waals surface area contributed by atoms with Gasteiger partial charge in [-0.3, -0.25) is 4.79 Å². The van der Waals surface area contributed by atoms with Gasteiger partial charge in [0, 0.05) is 6.04 Å². The van der Waals surface area contributed by atoms with E-state index in [9.17, 15) is 4.79 Å². The van der Waals surface area contributed by atoms with Gasteiger partial charge in [0.15, 0.2) is 0 Å². The fourth-order valence-electron chi connectivity index (χ4n) is 2.76. The van der Waals surface area contributed by atoms with Gasteiger partial charge in [-0.05, 0) is 31.2 Å². The number of amides is 1. The summed E-state index contributed by atoms with van der Waals surface area (Å²) in [5.41, 5.74) is 6.82. The van der Waals surface area contributed by atoms with Gasteiger partial charge in [0.2, 0.25) is 5.91 Å². The van der Waals surface area contributed by atoms with Crippen LogP contribution < -0.4 is 11.1 Å². The molecule has 3 N–H and O–H groups in total. The minimum Gasteiger partial charge on any atom is -0.351 e. The number of nitrogens with two attached hydrogens (primary N) is 1. The molecule has 0 spiro atoms. The van der Waals surface area contributed by atoms with Gasteiger partial charge in [-0.2, -0.15) is 0 Å². The van der Waals surface area contributed by atoms with Crippen molar-refractivity contribution in [1.29, 1.82) is 0 Å². The van der Waals surface area contributed by atoms with Crippen molar-refractivity contribution in [1.82, 2.24) is 5.32 Å². The van der Waals surface area contributed by atoms with E-state index in [4.69, 9.17) is 5.73 Å². The van der Waals surface area contributed by atoms with Crippen molar-refractivity contribution in [3.8, 4) is 0 Å². The average molecular weight is 260 g/mol. The first-order valence-corrected chi connectivity index (χ1v) is 7.28. The minimum atomic E-state index is -0.621. The van der Waals surface area contributed by atoms with Crippen LogP contribution >= 0.6 is 0 Å². The van der Waals surface area contributed by atoms with Crippen molar-refractivity contribution in [3.63, 3.8) is 0 Å². The highest BCUT2D eigenvalue weighted by Gasteiger charge is 2.37. The van der Waals surface area contributed by atoms with Crippen LogP contribution in [0.5, 0.6) is 0 Å². The predicted octanol–water partition coefficient (Wildman–Crippen LogP) is 2.40. The Hall–Kier alpha value is -1.35. The van der Waals surface area contributed by atoms with Crippen molar-refractivity contribution < 1.29 is 4.79 Å². The zero-order valence-corrected chi connectivity index (χ0v) is 11.7. The zero-order chi connectivity index (χ0) is 13.7. The van der Waals surface area contributed by atoms with Gasteiger partial charge in [0.25, 0.3) is 0 Å². The van der Waals surface area contributed by atoms with Crippen LogP contribution in [0.15, 0.2) is 30.3 Å².